The highest BCUT2D eigenvalue weighted by molar-refractivity contribution is 5.86. The van der Waals surface area contributed by atoms with E-state index in [1.165, 1.54) is 0 Å². The van der Waals surface area contributed by atoms with Crippen molar-refractivity contribution in [2.75, 3.05) is 13.1 Å². The molecule has 0 rings (SSSR count). The molecule has 0 aliphatic carbocycles. The normalized spacial score (nSPS) is 12.9. The van der Waals surface area contributed by atoms with Crippen LogP contribution in [-0.2, 0) is 4.79 Å². The van der Waals surface area contributed by atoms with E-state index in [0.717, 1.165) is 13.0 Å². The lowest BCUT2D eigenvalue weighted by molar-refractivity contribution is -0.132. The van der Waals surface area contributed by atoms with Gasteiger partial charge in [-0.15, -0.1) is 0 Å². The van der Waals surface area contributed by atoms with Gasteiger partial charge >= 0.3 is 5.97 Å². The summed E-state index contributed by atoms with van der Waals surface area (Å²) >= 11 is 0. The van der Waals surface area contributed by atoms with Crippen molar-refractivity contribution in [1.29, 1.82) is 0 Å². The molecule has 0 unspecified atom stereocenters. The van der Waals surface area contributed by atoms with Crippen LogP contribution in [0.5, 0.6) is 0 Å². The molecule has 2 N–H and O–H groups in total. The van der Waals surface area contributed by atoms with Crippen molar-refractivity contribution in [3.05, 3.63) is 11.6 Å². The first-order chi connectivity index (χ1) is 6.87. The van der Waals surface area contributed by atoms with Crippen LogP contribution in [0.2, 0.25) is 0 Å². The quantitative estimate of drug-likeness (QED) is 0.526. The monoisotopic (exact) mass is 213 g/mol. The minimum Gasteiger partial charge on any atom is -0.478 e. The molecule has 0 spiro atoms. The molecule has 0 aromatic heterocycles. The fraction of sp³-hybridized carbons (Fsp3) is 0.750. The Labute approximate surface area is 92.6 Å². The van der Waals surface area contributed by atoms with Crippen LogP contribution >= 0.6 is 0 Å². The third-order valence-electron chi connectivity index (χ3n) is 2.20. The van der Waals surface area contributed by atoms with Crippen LogP contribution in [0.15, 0.2) is 11.6 Å². The smallest absolute Gasteiger partial charge is 0.331 e. The molecular weight excluding hydrogens is 190 g/mol. The van der Waals surface area contributed by atoms with Crippen molar-refractivity contribution in [1.82, 2.24) is 5.32 Å². The summed E-state index contributed by atoms with van der Waals surface area (Å²) in [6.07, 6.45) is 3.43. The van der Waals surface area contributed by atoms with E-state index in [9.17, 15) is 4.79 Å². The lowest BCUT2D eigenvalue weighted by Crippen LogP contribution is -2.21. The van der Waals surface area contributed by atoms with Crippen molar-refractivity contribution >= 4 is 5.97 Å². The minimum absolute atomic E-state index is 0.330. The number of hydrogen-bond acceptors (Lipinski definition) is 2. The number of carboxylic acid groups (broad SMARTS) is 1. The van der Waals surface area contributed by atoms with E-state index in [2.05, 4.69) is 26.1 Å². The Morgan fingerprint density at radius 1 is 1.40 bits per heavy atom. The van der Waals surface area contributed by atoms with Crippen LogP contribution in [0.3, 0.4) is 0 Å². The van der Waals surface area contributed by atoms with E-state index in [1.54, 1.807) is 6.08 Å². The van der Waals surface area contributed by atoms with Gasteiger partial charge in [0, 0.05) is 12.1 Å². The average Bonchev–Trinajstić information content (AvgIpc) is 2.08. The number of hydrogen-bond donors (Lipinski definition) is 2. The number of carboxylic acids is 1. The highest BCUT2D eigenvalue weighted by atomic mass is 16.4. The summed E-state index contributed by atoms with van der Waals surface area (Å²) < 4.78 is 0. The molecule has 0 saturated carbocycles. The van der Waals surface area contributed by atoms with Crippen LogP contribution < -0.4 is 5.32 Å². The maximum atomic E-state index is 10.7. The van der Waals surface area contributed by atoms with Gasteiger partial charge in [-0.1, -0.05) is 33.8 Å². The first-order valence-corrected chi connectivity index (χ1v) is 5.50. The molecule has 0 bridgehead atoms. The average molecular weight is 213 g/mol. The summed E-state index contributed by atoms with van der Waals surface area (Å²) in [4.78, 5) is 10.7. The molecule has 88 valence electrons. The maximum Gasteiger partial charge on any atom is 0.331 e. The minimum atomic E-state index is -0.810. The summed E-state index contributed by atoms with van der Waals surface area (Å²) in [6, 6.07) is 0. The van der Waals surface area contributed by atoms with E-state index in [-0.39, 0.29) is 0 Å². The van der Waals surface area contributed by atoms with Gasteiger partial charge in [0.2, 0.25) is 0 Å². The molecule has 3 nitrogen and oxygen atoms in total. The molecule has 0 radical (unpaired) electrons. The SMILES string of the molecule is CCC(=CCNCCC(C)(C)C)C(=O)O. The molecule has 0 heterocycles. The first kappa shape index (κ1) is 14.2. The van der Waals surface area contributed by atoms with Gasteiger partial charge in [0.05, 0.1) is 0 Å². The summed E-state index contributed by atoms with van der Waals surface area (Å²) in [5.41, 5.74) is 0.815. The number of carbonyl (C=O) groups is 1. The van der Waals surface area contributed by atoms with Crippen LogP contribution in [0, 0.1) is 5.41 Å². The van der Waals surface area contributed by atoms with Gasteiger partial charge < -0.3 is 10.4 Å². The summed E-state index contributed by atoms with van der Waals surface area (Å²) in [6.45, 7) is 10.0. The summed E-state index contributed by atoms with van der Waals surface area (Å²) in [5, 5.41) is 12.0. The predicted molar refractivity (Wildman–Crippen MR) is 63.0 cm³/mol. The number of nitrogens with one attached hydrogen (secondary N) is 1. The fourth-order valence-electron chi connectivity index (χ4n) is 1.14. The molecule has 0 aliphatic rings. The molecule has 0 atom stereocenters. The Bertz CT molecular complexity index is 226. The highest BCUT2D eigenvalue weighted by Gasteiger charge is 2.08. The molecule has 0 aromatic rings. The Balaban J connectivity index is 3.74. The standard InChI is InChI=1S/C12H23NO2/c1-5-10(11(14)15)6-8-13-9-7-12(2,3)4/h6,13H,5,7-9H2,1-4H3,(H,14,15). The van der Waals surface area contributed by atoms with Gasteiger partial charge in [0.25, 0.3) is 0 Å². The zero-order valence-electron chi connectivity index (χ0n) is 10.3. The molecule has 0 aliphatic heterocycles. The number of rotatable bonds is 6. The van der Waals surface area contributed by atoms with Gasteiger partial charge in [0.1, 0.15) is 0 Å². The highest BCUT2D eigenvalue weighted by Crippen LogP contribution is 2.16. The molecule has 3 heteroatoms. The van der Waals surface area contributed by atoms with Gasteiger partial charge in [-0.3, -0.25) is 0 Å². The van der Waals surface area contributed by atoms with E-state index >= 15 is 0 Å². The first-order valence-electron chi connectivity index (χ1n) is 5.50. The maximum absolute atomic E-state index is 10.7. The predicted octanol–water partition coefficient (Wildman–Crippen LogP) is 2.43. The van der Waals surface area contributed by atoms with Gasteiger partial charge in [-0.25, -0.2) is 4.79 Å². The van der Waals surface area contributed by atoms with E-state index in [4.69, 9.17) is 5.11 Å². The molecule has 15 heavy (non-hydrogen) atoms. The molecule has 0 saturated heterocycles. The molecule has 0 aromatic carbocycles. The second-order valence-electron chi connectivity index (χ2n) is 4.90. The Morgan fingerprint density at radius 2 is 2.00 bits per heavy atom. The zero-order chi connectivity index (χ0) is 11.9. The van der Waals surface area contributed by atoms with E-state index in [1.807, 2.05) is 6.92 Å². The fourth-order valence-corrected chi connectivity index (χ4v) is 1.14. The van der Waals surface area contributed by atoms with Gasteiger partial charge in [0.15, 0.2) is 0 Å². The van der Waals surface area contributed by atoms with Crippen molar-refractivity contribution in [2.24, 2.45) is 5.41 Å². The van der Waals surface area contributed by atoms with Crippen LogP contribution in [0.4, 0.5) is 0 Å². The summed E-state index contributed by atoms with van der Waals surface area (Å²) in [7, 11) is 0. The Hall–Kier alpha value is -0.830. The lowest BCUT2D eigenvalue weighted by Gasteiger charge is -2.17. The van der Waals surface area contributed by atoms with Crippen molar-refractivity contribution < 1.29 is 9.90 Å². The topological polar surface area (TPSA) is 49.3 Å². The lowest BCUT2D eigenvalue weighted by atomic mass is 9.92. The second kappa shape index (κ2) is 6.62. The van der Waals surface area contributed by atoms with Gasteiger partial charge in [-0.05, 0) is 24.8 Å². The van der Waals surface area contributed by atoms with Gasteiger partial charge in [-0.2, -0.15) is 0 Å². The Morgan fingerprint density at radius 3 is 2.40 bits per heavy atom. The van der Waals surface area contributed by atoms with Crippen molar-refractivity contribution in [2.45, 2.75) is 40.5 Å². The molecular formula is C12H23NO2. The van der Waals surface area contributed by atoms with E-state index < -0.39 is 5.97 Å². The van der Waals surface area contributed by atoms with E-state index in [0.29, 0.717) is 24.0 Å². The van der Waals surface area contributed by atoms with Crippen LogP contribution in [0.25, 0.3) is 0 Å². The summed E-state index contributed by atoms with van der Waals surface area (Å²) in [5.74, 6) is -0.810. The largest absolute Gasteiger partial charge is 0.478 e. The van der Waals surface area contributed by atoms with Crippen molar-refractivity contribution in [3.63, 3.8) is 0 Å². The third-order valence-corrected chi connectivity index (χ3v) is 2.20. The van der Waals surface area contributed by atoms with Crippen LogP contribution in [-0.4, -0.2) is 24.2 Å². The molecule has 0 amide bonds. The second-order valence-corrected chi connectivity index (χ2v) is 4.90. The van der Waals surface area contributed by atoms with Crippen LogP contribution in [0.1, 0.15) is 40.5 Å². The molecule has 0 fully saturated rings. The third kappa shape index (κ3) is 8.18. The number of aliphatic carboxylic acids is 1. The zero-order valence-corrected chi connectivity index (χ0v) is 10.3. The van der Waals surface area contributed by atoms with Crippen molar-refractivity contribution in [3.8, 4) is 0 Å². The Kier molecular flexibility index (Phi) is 6.25.